The fourth-order valence-electron chi connectivity index (χ4n) is 3.03. The predicted molar refractivity (Wildman–Crippen MR) is 74.5 cm³/mol. The molecular weight excluding hydrogens is 226 g/mol. The second kappa shape index (κ2) is 7.13. The molecule has 0 aromatic heterocycles. The average Bonchev–Trinajstić information content (AvgIpc) is 2.33. The molecule has 1 rings (SSSR count). The minimum absolute atomic E-state index is 0.104. The summed E-state index contributed by atoms with van der Waals surface area (Å²) in [6, 6.07) is 0.622. The van der Waals surface area contributed by atoms with Gasteiger partial charge in [-0.2, -0.15) is 0 Å². The van der Waals surface area contributed by atoms with Crippen molar-refractivity contribution < 1.29 is 9.53 Å². The summed E-state index contributed by atoms with van der Waals surface area (Å²) in [7, 11) is 1.45. The third-order valence-electron chi connectivity index (χ3n) is 4.07. The lowest BCUT2D eigenvalue weighted by Gasteiger charge is -2.41. The van der Waals surface area contributed by atoms with Crippen LogP contribution < -0.4 is 5.32 Å². The summed E-state index contributed by atoms with van der Waals surface area (Å²) in [5, 5.41) is 3.65. The van der Waals surface area contributed by atoms with Gasteiger partial charge in [-0.15, -0.1) is 0 Å². The van der Waals surface area contributed by atoms with E-state index in [0.717, 1.165) is 18.9 Å². The average molecular weight is 255 g/mol. The van der Waals surface area contributed by atoms with E-state index < -0.39 is 0 Å². The molecule has 2 unspecified atom stereocenters. The highest BCUT2D eigenvalue weighted by atomic mass is 16.5. The maximum atomic E-state index is 11.0. The van der Waals surface area contributed by atoms with E-state index in [1.807, 2.05) is 0 Å². The number of carbonyl (C=O) groups is 1. The van der Waals surface area contributed by atoms with E-state index in [4.69, 9.17) is 0 Å². The number of esters is 1. The van der Waals surface area contributed by atoms with E-state index in [0.29, 0.717) is 17.9 Å². The molecule has 0 aromatic rings. The Labute approximate surface area is 112 Å². The zero-order chi connectivity index (χ0) is 13.6. The van der Waals surface area contributed by atoms with Gasteiger partial charge in [0.05, 0.1) is 7.11 Å². The van der Waals surface area contributed by atoms with Crippen LogP contribution in [0.15, 0.2) is 0 Å². The monoisotopic (exact) mass is 255 g/mol. The molecule has 0 aromatic carbocycles. The Hall–Kier alpha value is -0.570. The van der Waals surface area contributed by atoms with E-state index >= 15 is 0 Å². The van der Waals surface area contributed by atoms with Gasteiger partial charge in [0.2, 0.25) is 0 Å². The van der Waals surface area contributed by atoms with Gasteiger partial charge in [-0.1, -0.05) is 33.6 Å². The fraction of sp³-hybridized carbons (Fsp3) is 0.933. The third-order valence-corrected chi connectivity index (χ3v) is 4.07. The van der Waals surface area contributed by atoms with Gasteiger partial charge >= 0.3 is 5.97 Å². The normalized spacial score (nSPS) is 24.9. The Bertz CT molecular complexity index is 258. The Morgan fingerprint density at radius 1 is 1.28 bits per heavy atom. The minimum atomic E-state index is -0.104. The van der Waals surface area contributed by atoms with Crippen LogP contribution in [-0.2, 0) is 9.53 Å². The summed E-state index contributed by atoms with van der Waals surface area (Å²) in [6.45, 7) is 7.94. The van der Waals surface area contributed by atoms with Gasteiger partial charge in [0.25, 0.3) is 0 Å². The summed E-state index contributed by atoms with van der Waals surface area (Å²) >= 11 is 0. The van der Waals surface area contributed by atoms with E-state index in [9.17, 15) is 4.79 Å². The second-order valence-corrected chi connectivity index (χ2v) is 6.50. The van der Waals surface area contributed by atoms with Crippen LogP contribution >= 0.6 is 0 Å². The molecule has 1 aliphatic rings. The highest BCUT2D eigenvalue weighted by molar-refractivity contribution is 5.69. The molecule has 0 heterocycles. The molecule has 0 amide bonds. The number of hydrogen-bond acceptors (Lipinski definition) is 3. The summed E-state index contributed by atoms with van der Waals surface area (Å²) in [4.78, 5) is 11.0. The summed E-state index contributed by atoms with van der Waals surface area (Å²) in [6.07, 6.45) is 6.71. The first-order chi connectivity index (χ1) is 8.45. The van der Waals surface area contributed by atoms with Crippen LogP contribution in [0.5, 0.6) is 0 Å². The van der Waals surface area contributed by atoms with Crippen molar-refractivity contribution in [2.45, 2.75) is 65.3 Å². The van der Waals surface area contributed by atoms with Gasteiger partial charge < -0.3 is 10.1 Å². The number of ether oxygens (including phenoxy) is 1. The van der Waals surface area contributed by atoms with Crippen LogP contribution in [0.4, 0.5) is 0 Å². The van der Waals surface area contributed by atoms with Gasteiger partial charge in [-0.25, -0.2) is 0 Å². The Kier molecular flexibility index (Phi) is 6.13. The Balaban J connectivity index is 2.32. The number of carbonyl (C=O) groups excluding carboxylic acids is 1. The van der Waals surface area contributed by atoms with Crippen molar-refractivity contribution in [3.05, 3.63) is 0 Å². The zero-order valence-electron chi connectivity index (χ0n) is 12.4. The summed E-state index contributed by atoms with van der Waals surface area (Å²) in [5.41, 5.74) is 0.375. The molecular formula is C15H29NO2. The maximum absolute atomic E-state index is 11.0. The molecule has 1 fully saturated rings. The second-order valence-electron chi connectivity index (χ2n) is 6.50. The molecule has 0 aliphatic heterocycles. The van der Waals surface area contributed by atoms with Crippen molar-refractivity contribution in [2.24, 2.45) is 11.3 Å². The van der Waals surface area contributed by atoms with Crippen molar-refractivity contribution in [2.75, 3.05) is 13.7 Å². The lowest BCUT2D eigenvalue weighted by molar-refractivity contribution is -0.140. The molecule has 3 nitrogen and oxygen atoms in total. The first-order valence-electron chi connectivity index (χ1n) is 7.25. The molecule has 0 radical (unpaired) electrons. The molecule has 1 N–H and O–H groups in total. The third kappa shape index (κ3) is 4.97. The van der Waals surface area contributed by atoms with Crippen LogP contribution in [0, 0.1) is 11.3 Å². The largest absolute Gasteiger partial charge is 0.469 e. The molecule has 106 valence electrons. The lowest BCUT2D eigenvalue weighted by Crippen LogP contribution is -2.44. The number of methoxy groups -OCH3 is 1. The maximum Gasteiger partial charge on any atom is 0.305 e. The van der Waals surface area contributed by atoms with E-state index in [2.05, 4.69) is 30.8 Å². The van der Waals surface area contributed by atoms with Crippen molar-refractivity contribution in [3.8, 4) is 0 Å². The number of nitrogens with one attached hydrogen (secondary N) is 1. The topological polar surface area (TPSA) is 38.3 Å². The van der Waals surface area contributed by atoms with Crippen molar-refractivity contribution in [3.63, 3.8) is 0 Å². The molecule has 2 atom stereocenters. The van der Waals surface area contributed by atoms with Crippen LogP contribution in [0.1, 0.15) is 59.3 Å². The predicted octanol–water partition coefficient (Wildman–Crippen LogP) is 3.13. The van der Waals surface area contributed by atoms with Crippen molar-refractivity contribution in [1.82, 2.24) is 5.32 Å². The van der Waals surface area contributed by atoms with Gasteiger partial charge in [0.15, 0.2) is 0 Å². The highest BCUT2D eigenvalue weighted by Gasteiger charge is 2.33. The highest BCUT2D eigenvalue weighted by Crippen LogP contribution is 2.37. The molecule has 0 bridgehead atoms. The Morgan fingerprint density at radius 2 is 1.94 bits per heavy atom. The molecule has 18 heavy (non-hydrogen) atoms. The van der Waals surface area contributed by atoms with Crippen molar-refractivity contribution in [1.29, 1.82) is 0 Å². The number of hydrogen-bond donors (Lipinski definition) is 1. The molecule has 0 spiro atoms. The van der Waals surface area contributed by atoms with Crippen LogP contribution in [0.2, 0.25) is 0 Å². The van der Waals surface area contributed by atoms with Crippen molar-refractivity contribution >= 4 is 5.97 Å². The molecule has 0 saturated heterocycles. The molecule has 3 heteroatoms. The fourth-order valence-corrected chi connectivity index (χ4v) is 3.03. The molecule has 1 aliphatic carbocycles. The first kappa shape index (κ1) is 15.5. The smallest absolute Gasteiger partial charge is 0.305 e. The van der Waals surface area contributed by atoms with Crippen LogP contribution in [-0.4, -0.2) is 25.7 Å². The standard InChI is InChI=1S/C15H29NO2/c1-15(2,3)12-8-5-6-9-13(12)16-11-7-10-14(17)18-4/h12-13,16H,5-11H2,1-4H3. The quantitative estimate of drug-likeness (QED) is 0.606. The molecule has 1 saturated carbocycles. The van der Waals surface area contributed by atoms with Gasteiger partial charge in [0, 0.05) is 12.5 Å². The zero-order valence-corrected chi connectivity index (χ0v) is 12.4. The van der Waals surface area contributed by atoms with Gasteiger partial charge in [-0.3, -0.25) is 4.79 Å². The lowest BCUT2D eigenvalue weighted by atomic mass is 9.69. The number of rotatable bonds is 5. The minimum Gasteiger partial charge on any atom is -0.469 e. The van der Waals surface area contributed by atoms with E-state index in [-0.39, 0.29) is 5.97 Å². The SMILES string of the molecule is COC(=O)CCCNC1CCCCC1C(C)(C)C. The van der Waals surface area contributed by atoms with Crippen LogP contribution in [0.3, 0.4) is 0 Å². The van der Waals surface area contributed by atoms with E-state index in [1.54, 1.807) is 0 Å². The Morgan fingerprint density at radius 3 is 2.56 bits per heavy atom. The summed E-state index contributed by atoms with van der Waals surface area (Å²) < 4.78 is 4.65. The van der Waals surface area contributed by atoms with Gasteiger partial charge in [0.1, 0.15) is 0 Å². The van der Waals surface area contributed by atoms with Gasteiger partial charge in [-0.05, 0) is 37.1 Å². The van der Waals surface area contributed by atoms with E-state index in [1.165, 1.54) is 32.8 Å². The first-order valence-corrected chi connectivity index (χ1v) is 7.25. The van der Waals surface area contributed by atoms with Crippen LogP contribution in [0.25, 0.3) is 0 Å². The summed E-state index contributed by atoms with van der Waals surface area (Å²) in [5.74, 6) is 0.650.